The summed E-state index contributed by atoms with van der Waals surface area (Å²) in [4.78, 5) is 77.8. The van der Waals surface area contributed by atoms with Gasteiger partial charge in [-0.05, 0) is 60.6 Å². The highest BCUT2D eigenvalue weighted by molar-refractivity contribution is 7.98. The van der Waals surface area contributed by atoms with Crippen molar-refractivity contribution < 1.29 is 33.9 Å². The number of phenols is 1. The van der Waals surface area contributed by atoms with Crippen molar-refractivity contribution in [2.75, 3.05) is 18.6 Å². The van der Waals surface area contributed by atoms with Gasteiger partial charge in [0.25, 0.3) is 11.8 Å². The molecule has 0 aromatic heterocycles. The Bertz CT molecular complexity index is 1660. The fourth-order valence-corrected chi connectivity index (χ4v) is 5.49. The summed E-state index contributed by atoms with van der Waals surface area (Å²) in [5, 5.41) is 19.6. The summed E-state index contributed by atoms with van der Waals surface area (Å²) in [6.07, 6.45) is 2.64. The van der Waals surface area contributed by atoms with Crippen LogP contribution in [0.15, 0.2) is 84.9 Å². The van der Waals surface area contributed by atoms with Gasteiger partial charge in [-0.3, -0.25) is 39.6 Å². The van der Waals surface area contributed by atoms with Gasteiger partial charge in [0.15, 0.2) is 0 Å². The van der Waals surface area contributed by atoms with Gasteiger partial charge in [0.05, 0.1) is 18.6 Å². The fourth-order valence-electron chi connectivity index (χ4n) is 5.00. The van der Waals surface area contributed by atoms with E-state index in [4.69, 9.17) is 11.5 Å². The molecule has 53 heavy (non-hydrogen) atoms. The van der Waals surface area contributed by atoms with Crippen LogP contribution in [0.1, 0.15) is 30.0 Å². The van der Waals surface area contributed by atoms with Crippen molar-refractivity contribution in [2.24, 2.45) is 11.5 Å². The minimum Gasteiger partial charge on any atom is -0.508 e. The number of carbonyl (C=O) groups is 6. The molecule has 0 aliphatic heterocycles. The number of thioether (sulfide) groups is 1. The minimum absolute atomic E-state index is 0.0437. The van der Waals surface area contributed by atoms with Crippen molar-refractivity contribution in [1.82, 2.24) is 32.1 Å². The second-order valence-electron chi connectivity index (χ2n) is 12.4. The molecule has 3 aromatic rings. The lowest BCUT2D eigenvalue weighted by atomic mass is 10.0. The van der Waals surface area contributed by atoms with E-state index in [1.165, 1.54) is 19.1 Å². The summed E-state index contributed by atoms with van der Waals surface area (Å²) in [6.45, 7) is 0.906. The van der Waals surface area contributed by atoms with E-state index in [0.29, 0.717) is 23.3 Å². The van der Waals surface area contributed by atoms with Gasteiger partial charge < -0.3 is 37.8 Å². The van der Waals surface area contributed by atoms with Crippen LogP contribution in [0.3, 0.4) is 0 Å². The van der Waals surface area contributed by atoms with E-state index in [2.05, 4.69) is 32.1 Å². The largest absolute Gasteiger partial charge is 0.508 e. The second kappa shape index (κ2) is 21.8. The van der Waals surface area contributed by atoms with Gasteiger partial charge in [0, 0.05) is 12.8 Å². The maximum absolute atomic E-state index is 13.4. The van der Waals surface area contributed by atoms with Crippen LogP contribution < -0.4 is 43.6 Å². The zero-order chi connectivity index (χ0) is 38.8. The normalized spacial score (nSPS) is 13.6. The molecule has 3 rings (SSSR count). The summed E-state index contributed by atoms with van der Waals surface area (Å²) >= 11 is 1.54. The van der Waals surface area contributed by atoms with E-state index in [0.717, 1.165) is 5.56 Å². The molecule has 0 fully saturated rings. The SMILES string of the molecule is CSCC[C@H](N)C(=O)N[C@@H](Cc1ccccc1)C(=O)NNC(=O)[C@H](Cc1ccccc1)NC(=O)CNC(=O)[C@H](C)NC(=O)[C@@H](N)Cc1ccc(O)cc1. The zero-order valence-electron chi connectivity index (χ0n) is 29.7. The Balaban J connectivity index is 1.59. The molecule has 0 saturated heterocycles. The number of phenolic OH excluding ortho intramolecular Hbond substituents is 1. The van der Waals surface area contributed by atoms with Gasteiger partial charge in [-0.15, -0.1) is 0 Å². The van der Waals surface area contributed by atoms with E-state index in [1.807, 2.05) is 12.3 Å². The number of rotatable bonds is 19. The van der Waals surface area contributed by atoms with Crippen molar-refractivity contribution in [3.05, 3.63) is 102 Å². The summed E-state index contributed by atoms with van der Waals surface area (Å²) < 4.78 is 0. The lowest BCUT2D eigenvalue weighted by molar-refractivity contribution is -0.134. The Labute approximate surface area is 312 Å². The molecule has 284 valence electrons. The third-order valence-electron chi connectivity index (χ3n) is 8.03. The summed E-state index contributed by atoms with van der Waals surface area (Å²) in [7, 11) is 0. The van der Waals surface area contributed by atoms with Crippen molar-refractivity contribution in [3.63, 3.8) is 0 Å². The van der Waals surface area contributed by atoms with Crippen LogP contribution in [-0.4, -0.2) is 89.3 Å². The van der Waals surface area contributed by atoms with Crippen LogP contribution in [0.4, 0.5) is 0 Å². The second-order valence-corrected chi connectivity index (χ2v) is 13.3. The highest BCUT2D eigenvalue weighted by atomic mass is 32.2. The van der Waals surface area contributed by atoms with Crippen molar-refractivity contribution in [1.29, 1.82) is 0 Å². The number of carbonyl (C=O) groups excluding carboxylic acids is 6. The molecule has 0 radical (unpaired) electrons. The van der Waals surface area contributed by atoms with Crippen molar-refractivity contribution >= 4 is 47.2 Å². The highest BCUT2D eigenvalue weighted by Gasteiger charge is 2.27. The van der Waals surface area contributed by atoms with E-state index >= 15 is 0 Å². The predicted molar refractivity (Wildman–Crippen MR) is 202 cm³/mol. The smallest absolute Gasteiger partial charge is 0.261 e. The Hall–Kier alpha value is -5.45. The van der Waals surface area contributed by atoms with Crippen LogP contribution >= 0.6 is 11.8 Å². The maximum atomic E-state index is 13.4. The van der Waals surface area contributed by atoms with Gasteiger partial charge in [-0.2, -0.15) is 11.8 Å². The van der Waals surface area contributed by atoms with Crippen LogP contribution in [0.5, 0.6) is 5.75 Å². The van der Waals surface area contributed by atoms with Gasteiger partial charge in [0.2, 0.25) is 23.6 Å². The molecule has 0 aliphatic carbocycles. The number of hydrogen-bond acceptors (Lipinski definition) is 10. The predicted octanol–water partition coefficient (Wildman–Crippen LogP) is -0.434. The molecule has 6 amide bonds. The Kier molecular flexibility index (Phi) is 17.3. The number of hydrogen-bond donors (Lipinski definition) is 9. The Morgan fingerprint density at radius 1 is 0.623 bits per heavy atom. The first-order chi connectivity index (χ1) is 25.4. The van der Waals surface area contributed by atoms with Crippen LogP contribution in [0.2, 0.25) is 0 Å². The lowest BCUT2D eigenvalue weighted by Crippen LogP contribution is -2.59. The maximum Gasteiger partial charge on any atom is 0.261 e. The first-order valence-corrected chi connectivity index (χ1v) is 18.4. The van der Waals surface area contributed by atoms with Gasteiger partial charge >= 0.3 is 0 Å². The van der Waals surface area contributed by atoms with E-state index in [9.17, 15) is 33.9 Å². The fraction of sp³-hybridized carbons (Fsp3) is 0.351. The molecular formula is C37H48N8O7S. The number of aromatic hydroxyl groups is 1. The van der Waals surface area contributed by atoms with Gasteiger partial charge in [0.1, 0.15) is 23.9 Å². The summed E-state index contributed by atoms with van der Waals surface area (Å²) in [6, 6.07) is 19.0. The molecule has 5 atom stereocenters. The van der Waals surface area contributed by atoms with Crippen LogP contribution in [0, 0.1) is 0 Å². The average molecular weight is 749 g/mol. The van der Waals surface area contributed by atoms with E-state index in [1.54, 1.807) is 78.5 Å². The van der Waals surface area contributed by atoms with Crippen molar-refractivity contribution in [2.45, 2.75) is 62.8 Å². The zero-order valence-corrected chi connectivity index (χ0v) is 30.5. The quantitative estimate of drug-likeness (QED) is 0.0716. The number of benzene rings is 3. The topological polar surface area (TPSA) is 247 Å². The van der Waals surface area contributed by atoms with Gasteiger partial charge in [-0.25, -0.2) is 0 Å². The average Bonchev–Trinajstić information content (AvgIpc) is 3.15. The van der Waals surface area contributed by atoms with Crippen LogP contribution in [-0.2, 0) is 48.0 Å². The molecular weight excluding hydrogens is 701 g/mol. The van der Waals surface area contributed by atoms with Gasteiger partial charge in [-0.1, -0.05) is 72.8 Å². The molecule has 0 heterocycles. The third-order valence-corrected chi connectivity index (χ3v) is 8.68. The number of amides is 6. The molecule has 0 aliphatic rings. The highest BCUT2D eigenvalue weighted by Crippen LogP contribution is 2.11. The summed E-state index contributed by atoms with van der Waals surface area (Å²) in [5.74, 6) is -3.20. The molecule has 3 aromatic carbocycles. The lowest BCUT2D eigenvalue weighted by Gasteiger charge is -2.23. The molecule has 11 N–H and O–H groups in total. The first kappa shape index (κ1) is 42.0. The standard InChI is InChI=1S/C37H48N8O7S/c1-23(41-35(50)29(39)19-26-13-15-27(46)16-14-26)33(48)40-22-32(47)42-30(20-24-9-5-3-6-10-24)36(51)44-45-37(52)31(21-25-11-7-4-8-12-25)43-34(49)28(38)17-18-53-2/h3-16,23,28-31,46H,17-22,38-39H2,1-2H3,(H,40,48)(H,41,50)(H,42,47)(H,43,49)(H,44,51)(H,45,52)/t23-,28-,29-,30-,31-/m0/s1. The monoisotopic (exact) mass is 748 g/mol. The molecule has 0 spiro atoms. The number of nitrogens with one attached hydrogen (secondary N) is 6. The van der Waals surface area contributed by atoms with E-state index < -0.39 is 72.2 Å². The number of nitrogens with two attached hydrogens (primary N) is 2. The number of hydrazine groups is 1. The Morgan fingerprint density at radius 2 is 1.11 bits per heavy atom. The van der Waals surface area contributed by atoms with Crippen LogP contribution in [0.25, 0.3) is 0 Å². The van der Waals surface area contributed by atoms with E-state index in [-0.39, 0.29) is 25.0 Å². The molecule has 0 unspecified atom stereocenters. The van der Waals surface area contributed by atoms with Crippen molar-refractivity contribution in [3.8, 4) is 5.75 Å². The Morgan fingerprint density at radius 3 is 1.64 bits per heavy atom. The molecule has 16 heteroatoms. The molecule has 15 nitrogen and oxygen atoms in total. The molecule has 0 saturated carbocycles. The minimum atomic E-state index is -1.18. The third kappa shape index (κ3) is 15.0. The first-order valence-electron chi connectivity index (χ1n) is 17.0. The molecule has 0 bridgehead atoms. The summed E-state index contributed by atoms with van der Waals surface area (Å²) in [5.41, 5.74) is 18.9.